The lowest BCUT2D eigenvalue weighted by Crippen LogP contribution is -2.60. The average Bonchev–Trinajstić information content (AvgIpc) is 2.99. The van der Waals surface area contributed by atoms with Crippen LogP contribution in [0.4, 0.5) is 13.2 Å². The molecule has 1 aromatic carbocycles. The molecule has 0 spiro atoms. The Kier molecular flexibility index (Phi) is 4.14. The van der Waals surface area contributed by atoms with E-state index < -0.39 is 29.5 Å². The van der Waals surface area contributed by atoms with Gasteiger partial charge in [-0.1, -0.05) is 41.2 Å². The van der Waals surface area contributed by atoms with Crippen molar-refractivity contribution in [1.82, 2.24) is 0 Å². The Morgan fingerprint density at radius 3 is 1.80 bits per heavy atom. The molecule has 2 heterocycles. The number of alkyl halides is 3. The molecular formula is C18H21BF3O2S-. The Morgan fingerprint density at radius 1 is 0.880 bits per heavy atom. The van der Waals surface area contributed by atoms with Gasteiger partial charge in [0.2, 0.25) is 0 Å². The van der Waals surface area contributed by atoms with Gasteiger partial charge in [-0.05, 0) is 39.5 Å². The Morgan fingerprint density at radius 2 is 1.40 bits per heavy atom. The van der Waals surface area contributed by atoms with Crippen LogP contribution in [0.2, 0.25) is 0 Å². The largest absolute Gasteiger partial charge is 0.554 e. The molecule has 136 valence electrons. The van der Waals surface area contributed by atoms with Crippen molar-refractivity contribution in [2.75, 3.05) is 0 Å². The van der Waals surface area contributed by atoms with E-state index in [0.29, 0.717) is 5.46 Å². The molecule has 1 saturated heterocycles. The highest BCUT2D eigenvalue weighted by molar-refractivity contribution is 7.27. The molecule has 0 amide bonds. The van der Waals surface area contributed by atoms with Gasteiger partial charge in [0.15, 0.2) is 0 Å². The lowest BCUT2D eigenvalue weighted by Gasteiger charge is -2.37. The number of benzene rings is 1. The second kappa shape index (κ2) is 5.59. The van der Waals surface area contributed by atoms with Crippen molar-refractivity contribution in [2.45, 2.75) is 52.0 Å². The van der Waals surface area contributed by atoms with Crippen LogP contribution in [-0.4, -0.2) is 17.8 Å². The molecule has 0 atom stereocenters. The lowest BCUT2D eigenvalue weighted by atomic mass is 9.50. The minimum atomic E-state index is -4.37. The van der Waals surface area contributed by atoms with E-state index in [2.05, 4.69) is 0 Å². The van der Waals surface area contributed by atoms with Crippen molar-refractivity contribution in [2.24, 2.45) is 0 Å². The molecule has 0 bridgehead atoms. The van der Waals surface area contributed by atoms with E-state index in [1.165, 1.54) is 12.1 Å². The smallest absolute Gasteiger partial charge is 0.416 e. The van der Waals surface area contributed by atoms with Gasteiger partial charge >= 0.3 is 12.7 Å². The zero-order valence-electron chi connectivity index (χ0n) is 14.9. The average molecular weight is 369 g/mol. The van der Waals surface area contributed by atoms with Crippen LogP contribution in [0, 0.1) is 6.92 Å². The number of aryl methyl sites for hydroxylation is 1. The molecular weight excluding hydrogens is 348 g/mol. The fourth-order valence-electron chi connectivity index (χ4n) is 3.14. The van der Waals surface area contributed by atoms with Gasteiger partial charge in [-0.25, -0.2) is 0 Å². The van der Waals surface area contributed by atoms with Gasteiger partial charge in [0.25, 0.3) is 0 Å². The first-order valence-electron chi connectivity index (χ1n) is 8.16. The van der Waals surface area contributed by atoms with E-state index in [9.17, 15) is 13.2 Å². The molecule has 0 saturated carbocycles. The predicted octanol–water partition coefficient (Wildman–Crippen LogP) is 4.24. The Bertz CT molecular complexity index is 762. The number of hydrogen-bond acceptors (Lipinski definition) is 3. The molecule has 0 radical (unpaired) electrons. The third kappa shape index (κ3) is 3.02. The topological polar surface area (TPSA) is 18.5 Å². The van der Waals surface area contributed by atoms with Crippen molar-refractivity contribution in [3.63, 3.8) is 0 Å². The Labute approximate surface area is 149 Å². The summed E-state index contributed by atoms with van der Waals surface area (Å²) < 4.78 is 52.5. The number of halogens is 3. The molecule has 0 N–H and O–H groups in total. The molecule has 1 fully saturated rings. The molecule has 3 rings (SSSR count). The minimum absolute atomic E-state index is 0.590. The monoisotopic (exact) mass is 369 g/mol. The fraction of sp³-hybridized carbons (Fsp3) is 0.444. The van der Waals surface area contributed by atoms with E-state index in [1.807, 2.05) is 46.8 Å². The van der Waals surface area contributed by atoms with Crippen LogP contribution in [0.15, 0.2) is 36.4 Å². The Hall–Kier alpha value is -1.31. The van der Waals surface area contributed by atoms with Crippen LogP contribution in [0.1, 0.15) is 38.1 Å². The van der Waals surface area contributed by atoms with Crippen molar-refractivity contribution in [1.29, 1.82) is 0 Å². The summed E-state index contributed by atoms with van der Waals surface area (Å²) in [5.74, 6) is 0. The number of thiophene rings is 1. The summed E-state index contributed by atoms with van der Waals surface area (Å²) in [7, 11) is 0. The third-order valence-corrected chi connectivity index (χ3v) is 6.32. The molecule has 7 heteroatoms. The highest BCUT2D eigenvalue weighted by Crippen LogP contribution is 2.42. The molecule has 1 aliphatic rings. The van der Waals surface area contributed by atoms with Crippen molar-refractivity contribution in [3.05, 3.63) is 46.8 Å². The zero-order valence-corrected chi connectivity index (χ0v) is 15.7. The predicted molar refractivity (Wildman–Crippen MR) is 95.9 cm³/mol. The van der Waals surface area contributed by atoms with Crippen LogP contribution < -0.4 is 10.2 Å². The maximum absolute atomic E-state index is 12.9. The maximum Gasteiger partial charge on any atom is 0.416 e. The summed E-state index contributed by atoms with van der Waals surface area (Å²) in [6.07, 6.45) is -4.37. The summed E-state index contributed by atoms with van der Waals surface area (Å²) in [5, 5.41) is 0. The fourth-order valence-corrected chi connectivity index (χ4v) is 4.17. The minimum Gasteiger partial charge on any atom is -0.554 e. The highest BCUT2D eigenvalue weighted by Gasteiger charge is 2.53. The van der Waals surface area contributed by atoms with Crippen LogP contribution >= 0.6 is 11.3 Å². The van der Waals surface area contributed by atoms with Crippen molar-refractivity contribution in [3.8, 4) is 0 Å². The van der Waals surface area contributed by atoms with E-state index in [0.717, 1.165) is 21.8 Å². The van der Waals surface area contributed by atoms with Crippen molar-refractivity contribution < 1.29 is 22.5 Å². The first-order chi connectivity index (χ1) is 11.4. The van der Waals surface area contributed by atoms with E-state index in [4.69, 9.17) is 9.31 Å². The van der Waals surface area contributed by atoms with Crippen LogP contribution in [-0.2, 0) is 15.5 Å². The van der Waals surface area contributed by atoms with Gasteiger partial charge in [0, 0.05) is 11.2 Å². The standard InChI is InChI=1S/C18H21BF3O2S/c1-12-6-11-15(25-12)19(23-16(2,3)17(4,5)24-19)14-9-7-13(8-10-14)18(20,21)22/h6-11H,1-5H3/q-1. The SMILES string of the molecule is Cc1ccc([B-]2(c3ccc(C(F)(F)F)cc3)OC(C)(C)C(C)(C)O2)s1. The van der Waals surface area contributed by atoms with Gasteiger partial charge in [-0.15, -0.1) is 5.46 Å². The normalized spacial score (nSPS) is 21.4. The lowest BCUT2D eigenvalue weighted by molar-refractivity contribution is -0.137. The molecule has 0 aliphatic carbocycles. The van der Waals surface area contributed by atoms with Gasteiger partial charge in [-0.3, -0.25) is 0 Å². The van der Waals surface area contributed by atoms with Crippen LogP contribution in [0.3, 0.4) is 0 Å². The highest BCUT2D eigenvalue weighted by atomic mass is 32.1. The summed E-state index contributed by atoms with van der Waals surface area (Å²) >= 11 is 1.55. The molecule has 0 unspecified atom stereocenters. The summed E-state index contributed by atoms with van der Waals surface area (Å²) in [5.41, 5.74) is -1.24. The van der Waals surface area contributed by atoms with E-state index in [1.54, 1.807) is 11.3 Å². The quantitative estimate of drug-likeness (QED) is 0.738. The first-order valence-corrected chi connectivity index (χ1v) is 8.98. The van der Waals surface area contributed by atoms with Crippen LogP contribution in [0.25, 0.3) is 0 Å². The molecule has 1 aliphatic heterocycles. The first kappa shape index (κ1) is 18.5. The van der Waals surface area contributed by atoms with Crippen LogP contribution in [0.5, 0.6) is 0 Å². The second-order valence-electron chi connectivity index (χ2n) is 7.54. The second-order valence-corrected chi connectivity index (χ2v) is 8.86. The number of hydrogen-bond donors (Lipinski definition) is 0. The van der Waals surface area contributed by atoms with Gasteiger partial charge in [0.05, 0.1) is 5.56 Å². The van der Waals surface area contributed by atoms with Gasteiger partial charge < -0.3 is 9.31 Å². The van der Waals surface area contributed by atoms with Crippen molar-refractivity contribution >= 4 is 28.1 Å². The Balaban J connectivity index is 2.14. The van der Waals surface area contributed by atoms with E-state index >= 15 is 0 Å². The zero-order chi connectivity index (χ0) is 18.7. The number of rotatable bonds is 2. The molecule has 25 heavy (non-hydrogen) atoms. The summed E-state index contributed by atoms with van der Waals surface area (Å²) in [4.78, 5) is 1.10. The summed E-state index contributed by atoms with van der Waals surface area (Å²) in [6, 6.07) is 9.02. The molecule has 1 aromatic heterocycles. The van der Waals surface area contributed by atoms with E-state index in [-0.39, 0.29) is 0 Å². The maximum atomic E-state index is 12.9. The van der Waals surface area contributed by atoms with Gasteiger partial charge in [-0.2, -0.15) is 24.5 Å². The van der Waals surface area contributed by atoms with Gasteiger partial charge in [0.1, 0.15) is 0 Å². The molecule has 2 aromatic rings. The summed E-state index contributed by atoms with van der Waals surface area (Å²) in [6.45, 7) is 7.72. The third-order valence-electron chi connectivity index (χ3n) is 5.18. The molecule has 2 nitrogen and oxygen atoms in total.